The Labute approximate surface area is 93.1 Å². The topological polar surface area (TPSA) is 40.5 Å². The first-order chi connectivity index (χ1) is 7.17. The Balaban J connectivity index is 2.69. The third-order valence-electron chi connectivity index (χ3n) is 2.04. The van der Waals surface area contributed by atoms with Gasteiger partial charge in [-0.3, -0.25) is 0 Å². The molecular weight excluding hydrogens is 215 g/mol. The highest BCUT2D eigenvalue weighted by atomic mass is 32.2. The van der Waals surface area contributed by atoms with E-state index < -0.39 is 0 Å². The smallest absolute Gasteiger partial charge is 0.137 e. The van der Waals surface area contributed by atoms with E-state index in [2.05, 4.69) is 0 Å². The van der Waals surface area contributed by atoms with Crippen molar-refractivity contribution in [1.29, 1.82) is 0 Å². The number of benzene rings is 1. The van der Waals surface area contributed by atoms with E-state index in [1.165, 1.54) is 17.8 Å². The quantitative estimate of drug-likeness (QED) is 0.762. The second-order valence-corrected chi connectivity index (χ2v) is 4.84. The van der Waals surface area contributed by atoms with Crippen LogP contribution >= 0.6 is 11.8 Å². The molecule has 0 spiro atoms. The molecule has 1 atom stereocenters. The molecule has 0 saturated heterocycles. The van der Waals surface area contributed by atoms with Gasteiger partial charge in [-0.2, -0.15) is 0 Å². The molecule has 15 heavy (non-hydrogen) atoms. The molecule has 2 nitrogen and oxygen atoms in total. The van der Waals surface area contributed by atoms with Gasteiger partial charge in [0.15, 0.2) is 0 Å². The van der Waals surface area contributed by atoms with Crippen molar-refractivity contribution in [2.24, 2.45) is 0 Å². The van der Waals surface area contributed by atoms with Gasteiger partial charge in [0.2, 0.25) is 0 Å². The predicted molar refractivity (Wildman–Crippen MR) is 59.3 cm³/mol. The van der Waals surface area contributed by atoms with Crippen LogP contribution in [0.2, 0.25) is 0 Å². The third kappa shape index (κ3) is 3.81. The SMILES string of the molecule is CC(CCO)Sc1ccc(CO)cc1F. The monoisotopic (exact) mass is 230 g/mol. The molecule has 0 aliphatic heterocycles. The molecule has 1 aromatic carbocycles. The van der Waals surface area contributed by atoms with Crippen LogP contribution in [-0.4, -0.2) is 22.1 Å². The summed E-state index contributed by atoms with van der Waals surface area (Å²) in [5.74, 6) is -0.309. The molecule has 0 saturated carbocycles. The van der Waals surface area contributed by atoms with E-state index in [-0.39, 0.29) is 24.3 Å². The van der Waals surface area contributed by atoms with E-state index in [0.717, 1.165) is 0 Å². The van der Waals surface area contributed by atoms with Gasteiger partial charge in [0.05, 0.1) is 6.61 Å². The summed E-state index contributed by atoms with van der Waals surface area (Å²) >= 11 is 1.40. The van der Waals surface area contributed by atoms with Gasteiger partial charge in [0, 0.05) is 16.8 Å². The standard InChI is InChI=1S/C11H15FO2S/c1-8(4-5-13)15-11-3-2-9(7-14)6-10(11)12/h2-3,6,8,13-14H,4-5,7H2,1H3. The minimum atomic E-state index is -0.309. The summed E-state index contributed by atoms with van der Waals surface area (Å²) < 4.78 is 13.4. The van der Waals surface area contributed by atoms with Gasteiger partial charge in [-0.25, -0.2) is 4.39 Å². The first-order valence-corrected chi connectivity index (χ1v) is 5.72. The maximum atomic E-state index is 13.4. The minimum Gasteiger partial charge on any atom is -0.396 e. The molecule has 0 aliphatic rings. The second kappa shape index (κ2) is 6.10. The van der Waals surface area contributed by atoms with Crippen LogP contribution < -0.4 is 0 Å². The van der Waals surface area contributed by atoms with Crippen molar-refractivity contribution in [1.82, 2.24) is 0 Å². The molecule has 0 bridgehead atoms. The molecule has 0 aliphatic carbocycles. The highest BCUT2D eigenvalue weighted by molar-refractivity contribution is 7.99. The van der Waals surface area contributed by atoms with E-state index in [9.17, 15) is 4.39 Å². The average molecular weight is 230 g/mol. The molecule has 1 unspecified atom stereocenters. The Bertz CT molecular complexity index is 317. The molecule has 1 aromatic rings. The number of hydrogen-bond acceptors (Lipinski definition) is 3. The van der Waals surface area contributed by atoms with Gasteiger partial charge >= 0.3 is 0 Å². The van der Waals surface area contributed by atoms with E-state index in [1.54, 1.807) is 12.1 Å². The Morgan fingerprint density at radius 1 is 1.40 bits per heavy atom. The van der Waals surface area contributed by atoms with Gasteiger partial charge in [-0.05, 0) is 24.1 Å². The highest BCUT2D eigenvalue weighted by Crippen LogP contribution is 2.28. The maximum absolute atomic E-state index is 13.4. The fourth-order valence-electron chi connectivity index (χ4n) is 1.20. The summed E-state index contributed by atoms with van der Waals surface area (Å²) in [7, 11) is 0. The lowest BCUT2D eigenvalue weighted by Crippen LogP contribution is -2.00. The minimum absolute atomic E-state index is 0.116. The first kappa shape index (κ1) is 12.5. The van der Waals surface area contributed by atoms with Crippen LogP contribution in [0.3, 0.4) is 0 Å². The van der Waals surface area contributed by atoms with Crippen molar-refractivity contribution in [2.45, 2.75) is 30.1 Å². The summed E-state index contributed by atoms with van der Waals surface area (Å²) in [6, 6.07) is 4.71. The van der Waals surface area contributed by atoms with Crippen LogP contribution in [0.5, 0.6) is 0 Å². The van der Waals surface area contributed by atoms with Crippen LogP contribution in [-0.2, 0) is 6.61 Å². The number of aliphatic hydroxyl groups is 2. The summed E-state index contributed by atoms with van der Waals surface area (Å²) in [5, 5.41) is 17.7. The first-order valence-electron chi connectivity index (χ1n) is 4.84. The largest absolute Gasteiger partial charge is 0.396 e. The van der Waals surface area contributed by atoms with E-state index in [0.29, 0.717) is 16.9 Å². The number of rotatable bonds is 5. The summed E-state index contributed by atoms with van der Waals surface area (Å²) in [6.07, 6.45) is 0.645. The molecule has 0 heterocycles. The van der Waals surface area contributed by atoms with Crippen molar-refractivity contribution in [3.8, 4) is 0 Å². The van der Waals surface area contributed by atoms with E-state index in [1.807, 2.05) is 6.92 Å². The van der Waals surface area contributed by atoms with E-state index in [4.69, 9.17) is 10.2 Å². The van der Waals surface area contributed by atoms with Crippen LogP contribution in [0, 0.1) is 5.82 Å². The third-order valence-corrected chi connectivity index (χ3v) is 3.27. The molecular formula is C11H15FO2S. The number of halogens is 1. The zero-order valence-electron chi connectivity index (χ0n) is 8.61. The normalized spacial score (nSPS) is 12.8. The predicted octanol–water partition coefficient (Wildman–Crippen LogP) is 2.18. The van der Waals surface area contributed by atoms with Gasteiger partial charge in [0.1, 0.15) is 5.82 Å². The molecule has 2 N–H and O–H groups in total. The van der Waals surface area contributed by atoms with Crippen LogP contribution in [0.25, 0.3) is 0 Å². The zero-order chi connectivity index (χ0) is 11.3. The summed E-state index contributed by atoms with van der Waals surface area (Å²) in [4.78, 5) is 0.563. The maximum Gasteiger partial charge on any atom is 0.137 e. The number of aliphatic hydroxyl groups excluding tert-OH is 2. The van der Waals surface area contributed by atoms with Gasteiger partial charge in [-0.15, -0.1) is 11.8 Å². The van der Waals surface area contributed by atoms with Crippen molar-refractivity contribution in [2.75, 3.05) is 6.61 Å². The van der Waals surface area contributed by atoms with Crippen LogP contribution in [0.4, 0.5) is 4.39 Å². The van der Waals surface area contributed by atoms with Crippen molar-refractivity contribution >= 4 is 11.8 Å². The van der Waals surface area contributed by atoms with E-state index >= 15 is 0 Å². The van der Waals surface area contributed by atoms with Crippen LogP contribution in [0.1, 0.15) is 18.9 Å². The molecule has 0 radical (unpaired) electrons. The molecule has 0 fully saturated rings. The average Bonchev–Trinajstić information content (AvgIpc) is 2.21. The van der Waals surface area contributed by atoms with Gasteiger partial charge in [0.25, 0.3) is 0 Å². The lowest BCUT2D eigenvalue weighted by atomic mass is 10.2. The Morgan fingerprint density at radius 2 is 2.13 bits per heavy atom. The fraction of sp³-hybridized carbons (Fsp3) is 0.455. The molecule has 84 valence electrons. The Morgan fingerprint density at radius 3 is 2.67 bits per heavy atom. The lowest BCUT2D eigenvalue weighted by Gasteiger charge is -2.10. The summed E-state index contributed by atoms with van der Waals surface area (Å²) in [6.45, 7) is 1.92. The zero-order valence-corrected chi connectivity index (χ0v) is 9.43. The second-order valence-electron chi connectivity index (χ2n) is 3.36. The van der Waals surface area contributed by atoms with Crippen molar-refractivity contribution in [3.63, 3.8) is 0 Å². The fourth-order valence-corrected chi connectivity index (χ4v) is 2.17. The number of hydrogen-bond donors (Lipinski definition) is 2. The molecule has 1 rings (SSSR count). The van der Waals surface area contributed by atoms with Crippen molar-refractivity contribution in [3.05, 3.63) is 29.6 Å². The number of thioether (sulfide) groups is 1. The molecule has 0 aromatic heterocycles. The molecule has 0 amide bonds. The lowest BCUT2D eigenvalue weighted by molar-refractivity contribution is 0.281. The summed E-state index contributed by atoms with van der Waals surface area (Å²) in [5.41, 5.74) is 0.576. The molecule has 4 heteroatoms. The Kier molecular flexibility index (Phi) is 5.08. The van der Waals surface area contributed by atoms with Gasteiger partial charge < -0.3 is 10.2 Å². The highest BCUT2D eigenvalue weighted by Gasteiger charge is 2.08. The van der Waals surface area contributed by atoms with Gasteiger partial charge in [-0.1, -0.05) is 13.0 Å². The van der Waals surface area contributed by atoms with Crippen LogP contribution in [0.15, 0.2) is 23.1 Å². The van der Waals surface area contributed by atoms with Crippen molar-refractivity contribution < 1.29 is 14.6 Å². The Hall–Kier alpha value is -0.580.